The summed E-state index contributed by atoms with van der Waals surface area (Å²) in [7, 11) is 0. The van der Waals surface area contributed by atoms with Gasteiger partial charge in [-0.25, -0.2) is 4.98 Å². The van der Waals surface area contributed by atoms with Gasteiger partial charge in [0.1, 0.15) is 12.2 Å². The van der Waals surface area contributed by atoms with Crippen molar-refractivity contribution in [2.75, 3.05) is 0 Å². The molecule has 2 N–H and O–H groups in total. The number of rotatable bonds is 7. The maximum atomic E-state index is 13.5. The molecule has 4 heterocycles. The topological polar surface area (TPSA) is 132 Å². The molecule has 196 valence electrons. The molecule has 39 heavy (non-hydrogen) atoms. The molecule has 2 atom stereocenters. The molecule has 3 aromatic heterocycles. The highest BCUT2D eigenvalue weighted by Crippen LogP contribution is 2.34. The number of hydrogen-bond acceptors (Lipinski definition) is 6. The molecule has 0 aliphatic carbocycles. The zero-order valence-electron chi connectivity index (χ0n) is 21.0. The summed E-state index contributed by atoms with van der Waals surface area (Å²) in [6, 6.07) is 16.2. The molecule has 0 saturated heterocycles. The van der Waals surface area contributed by atoms with Crippen LogP contribution in [-0.4, -0.2) is 45.8 Å². The van der Waals surface area contributed by atoms with Crippen LogP contribution in [-0.2, 0) is 11.2 Å². The lowest BCUT2D eigenvalue weighted by atomic mass is 9.94. The van der Waals surface area contributed by atoms with Crippen LogP contribution >= 0.6 is 11.6 Å². The van der Waals surface area contributed by atoms with Gasteiger partial charge in [-0.3, -0.25) is 9.59 Å². The summed E-state index contributed by atoms with van der Waals surface area (Å²) >= 11 is 6.31. The van der Waals surface area contributed by atoms with Crippen LogP contribution in [0.15, 0.2) is 71.9 Å². The van der Waals surface area contributed by atoms with E-state index >= 15 is 0 Å². The van der Waals surface area contributed by atoms with Crippen molar-refractivity contribution in [3.63, 3.8) is 0 Å². The molecule has 11 heteroatoms. The number of fused-ring (bicyclic) bond motifs is 1. The Labute approximate surface area is 227 Å². The van der Waals surface area contributed by atoms with Crippen LogP contribution in [0.2, 0.25) is 5.02 Å². The van der Waals surface area contributed by atoms with Gasteiger partial charge >= 0.3 is 5.97 Å². The molecule has 2 aromatic carbocycles. The molecule has 10 nitrogen and oxygen atoms in total. The first-order valence-electron chi connectivity index (χ1n) is 12.6. The van der Waals surface area contributed by atoms with E-state index in [1.807, 2.05) is 43.3 Å². The number of H-pyrrole nitrogens is 1. The fourth-order valence-electron chi connectivity index (χ4n) is 5.35. The zero-order valence-corrected chi connectivity index (χ0v) is 21.7. The van der Waals surface area contributed by atoms with Gasteiger partial charge < -0.3 is 14.7 Å². The van der Waals surface area contributed by atoms with Crippen molar-refractivity contribution in [1.82, 2.24) is 34.7 Å². The molecule has 1 unspecified atom stereocenters. The number of aryl methyl sites for hydroxylation is 1. The van der Waals surface area contributed by atoms with Crippen molar-refractivity contribution in [3.8, 4) is 28.1 Å². The van der Waals surface area contributed by atoms with Gasteiger partial charge in [-0.2, -0.15) is 4.68 Å². The minimum absolute atomic E-state index is 0.139. The number of tetrazole rings is 1. The largest absolute Gasteiger partial charge is 0.481 e. The number of nitrogens with zero attached hydrogens (tertiary/aromatic N) is 6. The quantitative estimate of drug-likeness (QED) is 0.306. The van der Waals surface area contributed by atoms with Gasteiger partial charge in [0.05, 0.1) is 29.5 Å². The Kier molecular flexibility index (Phi) is 6.32. The predicted molar refractivity (Wildman–Crippen MR) is 145 cm³/mol. The Balaban J connectivity index is 1.34. The van der Waals surface area contributed by atoms with Gasteiger partial charge in [-0.15, -0.1) is 5.10 Å². The fourth-order valence-corrected chi connectivity index (χ4v) is 5.52. The van der Waals surface area contributed by atoms with Gasteiger partial charge in [0.2, 0.25) is 0 Å². The van der Waals surface area contributed by atoms with Crippen LogP contribution in [0.3, 0.4) is 0 Å². The average Bonchev–Trinajstić information content (AvgIpc) is 3.70. The van der Waals surface area contributed by atoms with E-state index in [1.165, 1.54) is 11.0 Å². The molecule has 0 saturated carbocycles. The maximum absolute atomic E-state index is 13.5. The highest BCUT2D eigenvalue weighted by Gasteiger charge is 2.28. The molecule has 0 fully saturated rings. The number of halogens is 1. The van der Waals surface area contributed by atoms with E-state index in [-0.39, 0.29) is 11.6 Å². The highest BCUT2D eigenvalue weighted by atomic mass is 35.5. The molecule has 1 aliphatic heterocycles. The lowest BCUT2D eigenvalue weighted by Gasteiger charge is -2.15. The third kappa shape index (κ3) is 4.52. The smallest absolute Gasteiger partial charge is 0.310 e. The second-order valence-corrected chi connectivity index (χ2v) is 9.96. The van der Waals surface area contributed by atoms with Crippen LogP contribution in [0.1, 0.15) is 48.8 Å². The van der Waals surface area contributed by atoms with E-state index in [9.17, 15) is 14.7 Å². The number of carboxylic acids is 1. The van der Waals surface area contributed by atoms with E-state index in [0.717, 1.165) is 45.7 Å². The molecular weight excluding hydrogens is 518 g/mol. The third-order valence-corrected chi connectivity index (χ3v) is 7.45. The number of carboxylic acid groups (broad SMARTS) is 1. The minimum Gasteiger partial charge on any atom is -0.481 e. The van der Waals surface area contributed by atoms with Crippen LogP contribution < -0.4 is 5.56 Å². The van der Waals surface area contributed by atoms with E-state index in [1.54, 1.807) is 29.0 Å². The minimum atomic E-state index is -0.843. The van der Waals surface area contributed by atoms with E-state index < -0.39 is 11.9 Å². The number of aliphatic carboxylic acids is 1. The normalized spacial score (nSPS) is 15.3. The Hall–Kier alpha value is -4.57. The van der Waals surface area contributed by atoms with Crippen LogP contribution in [0.25, 0.3) is 28.1 Å². The Morgan fingerprint density at radius 1 is 1.18 bits per heavy atom. The summed E-state index contributed by atoms with van der Waals surface area (Å²) in [5, 5.41) is 21.5. The second-order valence-electron chi connectivity index (χ2n) is 9.52. The molecule has 0 bridgehead atoms. The summed E-state index contributed by atoms with van der Waals surface area (Å²) in [5.41, 5.74) is 5.34. The van der Waals surface area contributed by atoms with Crippen molar-refractivity contribution >= 4 is 17.6 Å². The summed E-state index contributed by atoms with van der Waals surface area (Å²) in [5.74, 6) is -0.724. The van der Waals surface area contributed by atoms with E-state index in [0.29, 0.717) is 23.7 Å². The molecule has 5 aromatic rings. The van der Waals surface area contributed by atoms with Gasteiger partial charge in [-0.05, 0) is 76.7 Å². The second kappa shape index (κ2) is 9.95. The third-order valence-electron chi connectivity index (χ3n) is 7.22. The van der Waals surface area contributed by atoms with Gasteiger partial charge in [0.25, 0.3) is 5.56 Å². The SMILES string of the molecule is CCC(C(=O)O)c1cccc(-c2cnc([C@@H]3CCc4cc(-c5cc(Cl)ccc5-n5cnnn5)cc(=O)n43)[nH]2)c1. The summed E-state index contributed by atoms with van der Waals surface area (Å²) in [6.45, 7) is 1.86. The first-order valence-corrected chi connectivity index (χ1v) is 13.0. The predicted octanol–water partition coefficient (Wildman–Crippen LogP) is 4.65. The number of nitrogens with one attached hydrogen (secondary N) is 1. The maximum Gasteiger partial charge on any atom is 0.310 e. The van der Waals surface area contributed by atoms with Crippen LogP contribution in [0.5, 0.6) is 0 Å². The molecule has 1 aliphatic rings. The van der Waals surface area contributed by atoms with Gasteiger partial charge in [0.15, 0.2) is 0 Å². The summed E-state index contributed by atoms with van der Waals surface area (Å²) in [4.78, 5) is 33.1. The monoisotopic (exact) mass is 541 g/mol. The fraction of sp³-hybridized carbons (Fsp3) is 0.214. The van der Waals surface area contributed by atoms with Gasteiger partial charge in [0, 0.05) is 22.3 Å². The molecule has 0 radical (unpaired) electrons. The number of benzene rings is 2. The number of aromatic nitrogens is 7. The van der Waals surface area contributed by atoms with E-state index in [2.05, 4.69) is 25.5 Å². The zero-order chi connectivity index (χ0) is 27.1. The molecule has 0 spiro atoms. The summed E-state index contributed by atoms with van der Waals surface area (Å²) < 4.78 is 3.32. The Bertz CT molecular complexity index is 1740. The summed E-state index contributed by atoms with van der Waals surface area (Å²) in [6.07, 6.45) is 5.16. The lowest BCUT2D eigenvalue weighted by molar-refractivity contribution is -0.138. The standard InChI is InChI=1S/C28H24ClN7O3/c1-2-21(28(38)39)16-4-3-5-17(10-16)23-14-30-27(32-23)25-9-7-20-11-18(12-26(37)36(20)25)22-13-19(29)6-8-24(22)35-15-31-33-34-35/h3-6,8,10-15,21,25H,2,7,9H2,1H3,(H,30,32)(H,38,39)/t21?,25-/m0/s1. The Morgan fingerprint density at radius 2 is 2.05 bits per heavy atom. The van der Waals surface area contributed by atoms with E-state index in [4.69, 9.17) is 11.6 Å². The van der Waals surface area contributed by atoms with Crippen molar-refractivity contribution in [2.24, 2.45) is 0 Å². The number of carbonyl (C=O) groups is 1. The number of pyridine rings is 1. The van der Waals surface area contributed by atoms with Gasteiger partial charge in [-0.1, -0.05) is 36.7 Å². The first kappa shape index (κ1) is 24.7. The van der Waals surface area contributed by atoms with Crippen molar-refractivity contribution in [1.29, 1.82) is 0 Å². The molecular formula is C28H24ClN7O3. The number of hydrogen-bond donors (Lipinski definition) is 2. The van der Waals surface area contributed by atoms with Crippen molar-refractivity contribution < 1.29 is 9.90 Å². The number of imidazole rings is 1. The number of aromatic amines is 1. The van der Waals surface area contributed by atoms with Crippen LogP contribution in [0, 0.1) is 0 Å². The van der Waals surface area contributed by atoms with Crippen molar-refractivity contribution in [2.45, 2.75) is 38.1 Å². The van der Waals surface area contributed by atoms with Crippen molar-refractivity contribution in [3.05, 3.63) is 99.6 Å². The average molecular weight is 542 g/mol. The Morgan fingerprint density at radius 3 is 2.82 bits per heavy atom. The van der Waals surface area contributed by atoms with Crippen LogP contribution in [0.4, 0.5) is 0 Å². The lowest BCUT2D eigenvalue weighted by Crippen LogP contribution is -2.23. The molecule has 6 rings (SSSR count). The first-order chi connectivity index (χ1) is 18.9. The molecule has 0 amide bonds. The highest BCUT2D eigenvalue weighted by molar-refractivity contribution is 6.31.